The molecule has 1 aromatic rings. The van der Waals surface area contributed by atoms with E-state index < -0.39 is 0 Å². The summed E-state index contributed by atoms with van der Waals surface area (Å²) < 4.78 is 4.76. The molecule has 0 aliphatic carbocycles. The highest BCUT2D eigenvalue weighted by molar-refractivity contribution is 5.90. The monoisotopic (exact) mass is 344 g/mol. The van der Waals surface area contributed by atoms with Crippen molar-refractivity contribution >= 4 is 17.8 Å². The zero-order valence-corrected chi connectivity index (χ0v) is 14.7. The van der Waals surface area contributed by atoms with E-state index in [0.29, 0.717) is 26.1 Å². The second kappa shape index (κ2) is 7.25. The van der Waals surface area contributed by atoms with E-state index in [0.717, 1.165) is 5.56 Å². The molecular formula is C19H24N2O4. The average Bonchev–Trinajstić information content (AvgIpc) is 3.27. The Bertz CT molecular complexity index is 661. The Balaban J connectivity index is 1.62. The normalized spacial score (nSPS) is 24.5. The quantitative estimate of drug-likeness (QED) is 0.779. The molecular weight excluding hydrogens is 320 g/mol. The van der Waals surface area contributed by atoms with Crippen LogP contribution in [-0.2, 0) is 19.1 Å². The van der Waals surface area contributed by atoms with Crippen molar-refractivity contribution in [3.8, 4) is 0 Å². The lowest BCUT2D eigenvalue weighted by Crippen LogP contribution is -2.37. The van der Waals surface area contributed by atoms with E-state index in [9.17, 15) is 14.4 Å². The van der Waals surface area contributed by atoms with E-state index in [1.165, 1.54) is 7.11 Å². The summed E-state index contributed by atoms with van der Waals surface area (Å²) in [6, 6.07) is 9.79. The number of rotatable bonds is 4. The van der Waals surface area contributed by atoms with Crippen LogP contribution >= 0.6 is 0 Å². The van der Waals surface area contributed by atoms with Crippen LogP contribution in [0.2, 0.25) is 0 Å². The molecule has 6 nitrogen and oxygen atoms in total. The predicted octanol–water partition coefficient (Wildman–Crippen LogP) is 1.62. The SMILES string of the molecule is COC(=O)[C@@H]1CCN(C(=O)[C@@H]2CC(=O)N([C@H](C)c3ccccc3)C2)C1. The van der Waals surface area contributed by atoms with Gasteiger partial charge in [0.05, 0.1) is 25.0 Å². The van der Waals surface area contributed by atoms with Gasteiger partial charge in [-0.3, -0.25) is 14.4 Å². The summed E-state index contributed by atoms with van der Waals surface area (Å²) in [6.07, 6.45) is 0.874. The number of ether oxygens (including phenoxy) is 1. The molecule has 1 aromatic carbocycles. The predicted molar refractivity (Wildman–Crippen MR) is 91.4 cm³/mol. The first-order valence-corrected chi connectivity index (χ1v) is 8.72. The molecule has 2 aliphatic heterocycles. The minimum Gasteiger partial charge on any atom is -0.469 e. The van der Waals surface area contributed by atoms with Crippen LogP contribution < -0.4 is 0 Å². The minimum absolute atomic E-state index is 0.0124. The number of amides is 2. The number of hydrogen-bond acceptors (Lipinski definition) is 4. The van der Waals surface area contributed by atoms with Gasteiger partial charge < -0.3 is 14.5 Å². The fourth-order valence-corrected chi connectivity index (χ4v) is 3.76. The molecule has 2 fully saturated rings. The highest BCUT2D eigenvalue weighted by Gasteiger charge is 2.41. The van der Waals surface area contributed by atoms with Gasteiger partial charge in [-0.2, -0.15) is 0 Å². The summed E-state index contributed by atoms with van der Waals surface area (Å²) in [7, 11) is 1.37. The molecule has 134 valence electrons. The van der Waals surface area contributed by atoms with Crippen molar-refractivity contribution in [2.45, 2.75) is 25.8 Å². The van der Waals surface area contributed by atoms with Gasteiger partial charge in [-0.15, -0.1) is 0 Å². The van der Waals surface area contributed by atoms with Crippen LogP contribution in [0.3, 0.4) is 0 Å². The summed E-state index contributed by atoms with van der Waals surface area (Å²) in [6.45, 7) is 3.37. The number of carbonyl (C=O) groups is 3. The Hall–Kier alpha value is -2.37. The van der Waals surface area contributed by atoms with Crippen LogP contribution in [0.5, 0.6) is 0 Å². The summed E-state index contributed by atoms with van der Waals surface area (Å²) in [5.74, 6) is -0.849. The smallest absolute Gasteiger partial charge is 0.310 e. The van der Waals surface area contributed by atoms with Crippen LogP contribution in [0.15, 0.2) is 30.3 Å². The fourth-order valence-electron chi connectivity index (χ4n) is 3.76. The van der Waals surface area contributed by atoms with Gasteiger partial charge in [0, 0.05) is 26.1 Å². The highest BCUT2D eigenvalue weighted by atomic mass is 16.5. The second-order valence-electron chi connectivity index (χ2n) is 6.83. The molecule has 2 aliphatic rings. The Morgan fingerprint density at radius 1 is 1.16 bits per heavy atom. The van der Waals surface area contributed by atoms with Crippen molar-refractivity contribution in [3.63, 3.8) is 0 Å². The molecule has 0 unspecified atom stereocenters. The maximum Gasteiger partial charge on any atom is 0.310 e. The van der Waals surface area contributed by atoms with E-state index in [-0.39, 0.29) is 42.1 Å². The Kier molecular flexibility index (Phi) is 5.06. The van der Waals surface area contributed by atoms with E-state index in [1.807, 2.05) is 37.3 Å². The molecule has 2 saturated heterocycles. The first kappa shape index (κ1) is 17.5. The molecule has 3 atom stereocenters. The highest BCUT2D eigenvalue weighted by Crippen LogP contribution is 2.30. The summed E-state index contributed by atoms with van der Waals surface area (Å²) in [5.41, 5.74) is 1.07. The third-order valence-electron chi connectivity index (χ3n) is 5.29. The molecule has 0 spiro atoms. The van der Waals surface area contributed by atoms with Gasteiger partial charge in [0.15, 0.2) is 0 Å². The van der Waals surface area contributed by atoms with Gasteiger partial charge in [-0.1, -0.05) is 30.3 Å². The van der Waals surface area contributed by atoms with Crippen molar-refractivity contribution in [3.05, 3.63) is 35.9 Å². The lowest BCUT2D eigenvalue weighted by atomic mass is 10.1. The van der Waals surface area contributed by atoms with Crippen molar-refractivity contribution < 1.29 is 19.1 Å². The van der Waals surface area contributed by atoms with E-state index in [1.54, 1.807) is 9.80 Å². The largest absolute Gasteiger partial charge is 0.469 e. The van der Waals surface area contributed by atoms with Crippen LogP contribution in [0.1, 0.15) is 31.4 Å². The zero-order chi connectivity index (χ0) is 18.0. The standard InChI is InChI=1S/C19H24N2O4/c1-13(14-6-4-3-5-7-14)21-12-16(10-17(21)22)18(23)20-9-8-15(11-20)19(24)25-2/h3-7,13,15-16H,8-12H2,1-2H3/t13-,15-,16-/m1/s1. The number of nitrogens with zero attached hydrogens (tertiary/aromatic N) is 2. The molecule has 0 bridgehead atoms. The molecule has 3 rings (SSSR count). The van der Waals surface area contributed by atoms with Crippen molar-refractivity contribution in [1.29, 1.82) is 0 Å². The van der Waals surface area contributed by atoms with E-state index in [4.69, 9.17) is 4.74 Å². The Labute approximate surface area is 147 Å². The molecule has 2 amide bonds. The van der Waals surface area contributed by atoms with Crippen LogP contribution in [-0.4, -0.2) is 54.3 Å². The molecule has 0 saturated carbocycles. The summed E-state index contributed by atoms with van der Waals surface area (Å²) >= 11 is 0. The number of esters is 1. The van der Waals surface area contributed by atoms with E-state index >= 15 is 0 Å². The number of hydrogen-bond donors (Lipinski definition) is 0. The third-order valence-corrected chi connectivity index (χ3v) is 5.29. The van der Waals surface area contributed by atoms with Crippen LogP contribution in [0, 0.1) is 11.8 Å². The number of methoxy groups -OCH3 is 1. The first-order valence-electron chi connectivity index (χ1n) is 8.72. The number of carbonyl (C=O) groups excluding carboxylic acids is 3. The first-order chi connectivity index (χ1) is 12.0. The van der Waals surface area contributed by atoms with Gasteiger partial charge in [0.25, 0.3) is 0 Å². The minimum atomic E-state index is -0.324. The van der Waals surface area contributed by atoms with Gasteiger partial charge >= 0.3 is 5.97 Å². The topological polar surface area (TPSA) is 66.9 Å². The van der Waals surface area contributed by atoms with Gasteiger partial charge in [0.1, 0.15) is 0 Å². The Morgan fingerprint density at radius 2 is 1.88 bits per heavy atom. The molecule has 25 heavy (non-hydrogen) atoms. The number of benzene rings is 1. The molecule has 6 heteroatoms. The maximum atomic E-state index is 12.7. The molecule has 0 N–H and O–H groups in total. The van der Waals surface area contributed by atoms with E-state index in [2.05, 4.69) is 0 Å². The maximum absolute atomic E-state index is 12.7. The zero-order valence-electron chi connectivity index (χ0n) is 14.7. The van der Waals surface area contributed by atoms with Gasteiger partial charge in [0.2, 0.25) is 11.8 Å². The lowest BCUT2D eigenvalue weighted by molar-refractivity contribution is -0.145. The van der Waals surface area contributed by atoms with Gasteiger partial charge in [-0.05, 0) is 18.9 Å². The van der Waals surface area contributed by atoms with Gasteiger partial charge in [-0.25, -0.2) is 0 Å². The molecule has 2 heterocycles. The average molecular weight is 344 g/mol. The number of likely N-dealkylation sites (tertiary alicyclic amines) is 2. The molecule has 0 aromatic heterocycles. The summed E-state index contributed by atoms with van der Waals surface area (Å²) in [4.78, 5) is 40.3. The van der Waals surface area contributed by atoms with Crippen molar-refractivity contribution in [2.75, 3.05) is 26.7 Å². The summed E-state index contributed by atoms with van der Waals surface area (Å²) in [5, 5.41) is 0. The van der Waals surface area contributed by atoms with Crippen LogP contribution in [0.4, 0.5) is 0 Å². The van der Waals surface area contributed by atoms with Crippen molar-refractivity contribution in [2.24, 2.45) is 11.8 Å². The van der Waals surface area contributed by atoms with Crippen molar-refractivity contribution in [1.82, 2.24) is 9.80 Å². The lowest BCUT2D eigenvalue weighted by Gasteiger charge is -2.26. The second-order valence-corrected chi connectivity index (χ2v) is 6.83. The third kappa shape index (κ3) is 3.52. The Morgan fingerprint density at radius 3 is 2.56 bits per heavy atom. The fraction of sp³-hybridized carbons (Fsp3) is 0.526. The van der Waals surface area contributed by atoms with Crippen LogP contribution in [0.25, 0.3) is 0 Å². The molecule has 0 radical (unpaired) electrons.